The summed E-state index contributed by atoms with van der Waals surface area (Å²) in [6.45, 7) is 0.226. The largest absolute Gasteiger partial charge is 0.390 e. The van der Waals surface area contributed by atoms with Crippen LogP contribution in [0.25, 0.3) is 0 Å². The molecule has 1 aromatic rings. The van der Waals surface area contributed by atoms with Gasteiger partial charge in [-0.2, -0.15) is 4.39 Å². The first-order chi connectivity index (χ1) is 7.06. The van der Waals surface area contributed by atoms with Gasteiger partial charge in [0.15, 0.2) is 0 Å². The van der Waals surface area contributed by atoms with E-state index in [0.29, 0.717) is 0 Å². The minimum atomic E-state index is -1.25. The summed E-state index contributed by atoms with van der Waals surface area (Å²) in [6.07, 6.45) is -1.01. The summed E-state index contributed by atoms with van der Waals surface area (Å²) < 4.78 is 12.8. The molecule has 0 saturated heterocycles. The first kappa shape index (κ1) is 12.3. The molecule has 0 radical (unpaired) electrons. The fourth-order valence-corrected chi connectivity index (χ4v) is 1.41. The Hall–Kier alpha value is -0.750. The molecule has 0 fully saturated rings. The van der Waals surface area contributed by atoms with E-state index in [9.17, 15) is 14.6 Å². The third-order valence-corrected chi connectivity index (χ3v) is 2.31. The van der Waals surface area contributed by atoms with E-state index in [1.807, 2.05) is 0 Å². The van der Waals surface area contributed by atoms with Gasteiger partial charge < -0.3 is 15.9 Å². The highest BCUT2D eigenvalue weighted by atomic mass is 35.5. The number of hydrogen-bond donors (Lipinski definition) is 3. The Morgan fingerprint density at radius 2 is 2.20 bits per heavy atom. The standard InChI is InChI=1S/C9H12ClFN2O2/c10-6-4-13-8(11)3-5(6)9(15)7(14)1-2-12/h3-4,7,9,14-15H,1-2,12H2. The van der Waals surface area contributed by atoms with E-state index in [0.717, 1.165) is 12.3 Å². The van der Waals surface area contributed by atoms with Crippen molar-refractivity contribution in [2.75, 3.05) is 6.54 Å². The lowest BCUT2D eigenvalue weighted by atomic mass is 10.0. The molecule has 2 unspecified atom stereocenters. The van der Waals surface area contributed by atoms with E-state index in [1.165, 1.54) is 0 Å². The summed E-state index contributed by atoms with van der Waals surface area (Å²) in [5, 5.41) is 19.2. The van der Waals surface area contributed by atoms with E-state index in [2.05, 4.69) is 4.98 Å². The molecule has 1 heterocycles. The summed E-state index contributed by atoms with van der Waals surface area (Å²) in [7, 11) is 0. The van der Waals surface area contributed by atoms with Crippen molar-refractivity contribution in [3.63, 3.8) is 0 Å². The number of halogens is 2. The van der Waals surface area contributed by atoms with Crippen LogP contribution < -0.4 is 5.73 Å². The van der Waals surface area contributed by atoms with Gasteiger partial charge in [-0.1, -0.05) is 11.6 Å². The lowest BCUT2D eigenvalue weighted by Crippen LogP contribution is -2.22. The number of aromatic nitrogens is 1. The Morgan fingerprint density at radius 3 is 2.80 bits per heavy atom. The van der Waals surface area contributed by atoms with Gasteiger partial charge in [-0.3, -0.25) is 0 Å². The number of aliphatic hydroxyl groups is 2. The van der Waals surface area contributed by atoms with Crippen molar-refractivity contribution in [1.29, 1.82) is 0 Å². The van der Waals surface area contributed by atoms with Crippen LogP contribution in [0.1, 0.15) is 18.1 Å². The van der Waals surface area contributed by atoms with E-state index in [1.54, 1.807) is 0 Å². The third-order valence-electron chi connectivity index (χ3n) is 2.00. The highest BCUT2D eigenvalue weighted by Crippen LogP contribution is 2.25. The van der Waals surface area contributed by atoms with Crippen LogP contribution in [0.2, 0.25) is 5.02 Å². The molecule has 0 aliphatic carbocycles. The molecule has 6 heteroatoms. The van der Waals surface area contributed by atoms with Gasteiger partial charge in [0.1, 0.15) is 6.10 Å². The van der Waals surface area contributed by atoms with Crippen LogP contribution >= 0.6 is 11.6 Å². The predicted octanol–water partition coefficient (Wildman–Crippen LogP) is 0.617. The van der Waals surface area contributed by atoms with Gasteiger partial charge in [-0.15, -0.1) is 0 Å². The summed E-state index contributed by atoms with van der Waals surface area (Å²) in [5.41, 5.74) is 5.34. The van der Waals surface area contributed by atoms with Crippen LogP contribution in [0.4, 0.5) is 4.39 Å². The van der Waals surface area contributed by atoms with Crippen molar-refractivity contribution in [1.82, 2.24) is 4.98 Å². The van der Waals surface area contributed by atoms with Gasteiger partial charge in [0, 0.05) is 17.8 Å². The maximum absolute atomic E-state index is 12.8. The van der Waals surface area contributed by atoms with Gasteiger partial charge in [-0.05, 0) is 13.0 Å². The van der Waals surface area contributed by atoms with E-state index in [-0.39, 0.29) is 23.6 Å². The quantitative estimate of drug-likeness (QED) is 0.668. The third kappa shape index (κ3) is 3.10. The first-order valence-electron chi connectivity index (χ1n) is 4.43. The lowest BCUT2D eigenvalue weighted by Gasteiger charge is -2.18. The maximum Gasteiger partial charge on any atom is 0.213 e. The topological polar surface area (TPSA) is 79.4 Å². The smallest absolute Gasteiger partial charge is 0.213 e. The molecule has 15 heavy (non-hydrogen) atoms. The minimum absolute atomic E-state index is 0.111. The summed E-state index contributed by atoms with van der Waals surface area (Å²) in [6, 6.07) is 0.993. The van der Waals surface area contributed by atoms with Crippen LogP contribution in [0.3, 0.4) is 0 Å². The Balaban J connectivity index is 2.89. The zero-order chi connectivity index (χ0) is 11.4. The molecular weight excluding hydrogens is 223 g/mol. The SMILES string of the molecule is NCCC(O)C(O)c1cc(F)ncc1Cl. The molecule has 4 nitrogen and oxygen atoms in total. The summed E-state index contributed by atoms with van der Waals surface area (Å²) in [5.74, 6) is -0.756. The van der Waals surface area contributed by atoms with Crippen LogP contribution in [-0.4, -0.2) is 27.8 Å². The van der Waals surface area contributed by atoms with Crippen molar-refractivity contribution in [3.05, 3.63) is 28.8 Å². The molecule has 4 N–H and O–H groups in total. The molecule has 2 atom stereocenters. The van der Waals surface area contributed by atoms with Gasteiger partial charge in [-0.25, -0.2) is 4.98 Å². The van der Waals surface area contributed by atoms with E-state index < -0.39 is 18.2 Å². The van der Waals surface area contributed by atoms with Gasteiger partial charge in [0.25, 0.3) is 0 Å². The van der Waals surface area contributed by atoms with Gasteiger partial charge >= 0.3 is 0 Å². The highest BCUT2D eigenvalue weighted by Gasteiger charge is 2.20. The Kier molecular flexibility index (Phi) is 4.41. The molecule has 0 spiro atoms. The van der Waals surface area contributed by atoms with Crippen LogP contribution in [0, 0.1) is 5.95 Å². The minimum Gasteiger partial charge on any atom is -0.390 e. The van der Waals surface area contributed by atoms with Crippen LogP contribution in [0.15, 0.2) is 12.3 Å². The monoisotopic (exact) mass is 234 g/mol. The van der Waals surface area contributed by atoms with Crippen LogP contribution in [-0.2, 0) is 0 Å². The van der Waals surface area contributed by atoms with E-state index in [4.69, 9.17) is 17.3 Å². The average Bonchev–Trinajstić information content (AvgIpc) is 2.21. The molecule has 0 amide bonds. The molecule has 84 valence electrons. The van der Waals surface area contributed by atoms with Gasteiger partial charge in [0.05, 0.1) is 11.1 Å². The molecule has 0 aliphatic heterocycles. The van der Waals surface area contributed by atoms with Gasteiger partial charge in [0.2, 0.25) is 5.95 Å². The normalized spacial score (nSPS) is 15.0. The maximum atomic E-state index is 12.8. The second kappa shape index (κ2) is 5.37. The summed E-state index contributed by atoms with van der Waals surface area (Å²) >= 11 is 5.70. The molecule has 0 aromatic carbocycles. The van der Waals surface area contributed by atoms with Crippen molar-refractivity contribution in [3.8, 4) is 0 Å². The highest BCUT2D eigenvalue weighted by molar-refractivity contribution is 6.31. The Labute approximate surface area is 91.5 Å². The van der Waals surface area contributed by atoms with Crippen LogP contribution in [0.5, 0.6) is 0 Å². The lowest BCUT2D eigenvalue weighted by molar-refractivity contribution is 0.0148. The number of pyridine rings is 1. The molecular formula is C9H12ClFN2O2. The molecule has 1 rings (SSSR count). The molecule has 0 bridgehead atoms. The number of hydrogen-bond acceptors (Lipinski definition) is 4. The zero-order valence-electron chi connectivity index (χ0n) is 7.90. The van der Waals surface area contributed by atoms with E-state index >= 15 is 0 Å². The summed E-state index contributed by atoms with van der Waals surface area (Å²) in [4.78, 5) is 3.31. The average molecular weight is 235 g/mol. The zero-order valence-corrected chi connectivity index (χ0v) is 8.65. The molecule has 1 aromatic heterocycles. The number of rotatable bonds is 4. The van der Waals surface area contributed by atoms with Crippen molar-refractivity contribution in [2.45, 2.75) is 18.6 Å². The predicted molar refractivity (Wildman–Crippen MR) is 53.8 cm³/mol. The number of aliphatic hydroxyl groups excluding tert-OH is 2. The number of nitrogens with two attached hydrogens (primary N) is 1. The number of nitrogens with zero attached hydrogens (tertiary/aromatic N) is 1. The van der Waals surface area contributed by atoms with Crippen molar-refractivity contribution >= 4 is 11.6 Å². The van der Waals surface area contributed by atoms with Crippen molar-refractivity contribution in [2.24, 2.45) is 5.73 Å². The Morgan fingerprint density at radius 1 is 1.53 bits per heavy atom. The first-order valence-corrected chi connectivity index (χ1v) is 4.81. The second-order valence-electron chi connectivity index (χ2n) is 3.12. The fourth-order valence-electron chi connectivity index (χ4n) is 1.19. The molecule has 0 saturated carbocycles. The molecule has 0 aliphatic rings. The fraction of sp³-hybridized carbons (Fsp3) is 0.444. The second-order valence-corrected chi connectivity index (χ2v) is 3.53. The van der Waals surface area contributed by atoms with Crippen molar-refractivity contribution < 1.29 is 14.6 Å². The Bertz CT molecular complexity index is 338.